The summed E-state index contributed by atoms with van der Waals surface area (Å²) in [5.74, 6) is 0.410. The summed E-state index contributed by atoms with van der Waals surface area (Å²) in [5, 5.41) is 4.68. The average molecular weight is 324 g/mol. The van der Waals surface area contributed by atoms with Gasteiger partial charge in [-0.25, -0.2) is 0 Å². The van der Waals surface area contributed by atoms with Gasteiger partial charge in [-0.1, -0.05) is 24.3 Å². The molecule has 0 unspecified atom stereocenters. The second-order valence-corrected chi connectivity index (χ2v) is 5.94. The molecule has 1 amide bonds. The summed E-state index contributed by atoms with van der Waals surface area (Å²) in [6.45, 7) is 2.49. The van der Waals surface area contributed by atoms with E-state index in [2.05, 4.69) is 10.3 Å². The number of thiophene rings is 1. The van der Waals surface area contributed by atoms with Crippen molar-refractivity contribution in [1.82, 2.24) is 4.98 Å². The Balaban J connectivity index is 1.70. The van der Waals surface area contributed by atoms with E-state index in [1.54, 1.807) is 24.5 Å². The van der Waals surface area contributed by atoms with Crippen LogP contribution in [0, 0.1) is 6.92 Å². The van der Waals surface area contributed by atoms with Crippen molar-refractivity contribution < 1.29 is 9.53 Å². The molecule has 0 radical (unpaired) electrons. The Hall–Kier alpha value is -2.66. The number of nitrogens with one attached hydrogen (secondary N) is 1. The minimum Gasteiger partial charge on any atom is -0.487 e. The molecular formula is C18H16N2O2S. The molecule has 0 aliphatic carbocycles. The van der Waals surface area contributed by atoms with Gasteiger partial charge in [-0.05, 0) is 41.6 Å². The van der Waals surface area contributed by atoms with Gasteiger partial charge >= 0.3 is 0 Å². The van der Waals surface area contributed by atoms with Crippen LogP contribution < -0.4 is 10.1 Å². The van der Waals surface area contributed by atoms with Crippen LogP contribution in [-0.2, 0) is 6.61 Å². The predicted octanol–water partition coefficient (Wildman–Crippen LogP) is 4.28. The maximum absolute atomic E-state index is 12.4. The number of rotatable bonds is 5. The summed E-state index contributed by atoms with van der Waals surface area (Å²) in [6, 6.07) is 13.4. The van der Waals surface area contributed by atoms with Crippen molar-refractivity contribution in [2.75, 3.05) is 5.32 Å². The number of hydrogen-bond acceptors (Lipinski definition) is 4. The minimum atomic E-state index is -0.187. The highest BCUT2D eigenvalue weighted by Gasteiger charge is 2.15. The Kier molecular flexibility index (Phi) is 4.68. The summed E-state index contributed by atoms with van der Waals surface area (Å²) >= 11 is 1.36. The largest absolute Gasteiger partial charge is 0.487 e. The lowest BCUT2D eigenvalue weighted by Gasteiger charge is -2.09. The first-order valence-electron chi connectivity index (χ1n) is 7.20. The molecule has 3 aromatic rings. The van der Waals surface area contributed by atoms with E-state index in [9.17, 15) is 4.79 Å². The van der Waals surface area contributed by atoms with E-state index < -0.39 is 0 Å². The third kappa shape index (κ3) is 3.76. The number of pyridine rings is 1. The van der Waals surface area contributed by atoms with Crippen LogP contribution in [0.15, 0.2) is 60.2 Å². The van der Waals surface area contributed by atoms with E-state index in [0.717, 1.165) is 5.56 Å². The lowest BCUT2D eigenvalue weighted by Crippen LogP contribution is -2.12. The van der Waals surface area contributed by atoms with Crippen LogP contribution in [-0.4, -0.2) is 10.9 Å². The zero-order chi connectivity index (χ0) is 16.1. The number of benzene rings is 1. The standard InChI is InChI=1S/C18H16N2O2S/c1-13-5-2-3-6-14(13)12-22-16-8-10-23-17(16)18(21)20-15-7-4-9-19-11-15/h2-11H,12H2,1H3,(H,20,21). The summed E-state index contributed by atoms with van der Waals surface area (Å²) in [4.78, 5) is 16.9. The summed E-state index contributed by atoms with van der Waals surface area (Å²) in [6.07, 6.45) is 3.27. The van der Waals surface area contributed by atoms with E-state index in [4.69, 9.17) is 4.74 Å². The normalized spacial score (nSPS) is 10.3. The minimum absolute atomic E-state index is 0.187. The van der Waals surface area contributed by atoms with Gasteiger partial charge in [-0.3, -0.25) is 9.78 Å². The maximum atomic E-state index is 12.4. The van der Waals surface area contributed by atoms with Crippen LogP contribution in [0.4, 0.5) is 5.69 Å². The molecule has 0 aliphatic rings. The Morgan fingerprint density at radius 2 is 2.09 bits per heavy atom. The molecule has 23 heavy (non-hydrogen) atoms. The number of aromatic nitrogens is 1. The van der Waals surface area contributed by atoms with Crippen molar-refractivity contribution in [2.45, 2.75) is 13.5 Å². The van der Waals surface area contributed by atoms with Gasteiger partial charge in [0.2, 0.25) is 0 Å². The molecule has 0 saturated carbocycles. The Labute approximate surface area is 138 Å². The zero-order valence-electron chi connectivity index (χ0n) is 12.7. The number of anilines is 1. The second-order valence-electron chi connectivity index (χ2n) is 5.02. The Morgan fingerprint density at radius 3 is 2.87 bits per heavy atom. The second kappa shape index (κ2) is 7.07. The lowest BCUT2D eigenvalue weighted by atomic mass is 10.1. The highest BCUT2D eigenvalue weighted by Crippen LogP contribution is 2.27. The van der Waals surface area contributed by atoms with Crippen molar-refractivity contribution in [3.8, 4) is 5.75 Å². The molecule has 0 bridgehead atoms. The molecule has 0 fully saturated rings. The maximum Gasteiger partial charge on any atom is 0.269 e. The van der Waals surface area contributed by atoms with E-state index in [1.165, 1.54) is 16.9 Å². The average Bonchev–Trinajstić information content (AvgIpc) is 3.04. The van der Waals surface area contributed by atoms with Crippen molar-refractivity contribution in [1.29, 1.82) is 0 Å². The number of nitrogens with zero attached hydrogens (tertiary/aromatic N) is 1. The molecule has 3 rings (SSSR count). The molecule has 0 atom stereocenters. The van der Waals surface area contributed by atoms with E-state index in [1.807, 2.05) is 42.6 Å². The quantitative estimate of drug-likeness (QED) is 0.762. The SMILES string of the molecule is Cc1ccccc1COc1ccsc1C(=O)Nc1cccnc1. The molecule has 5 heteroatoms. The van der Waals surface area contributed by atoms with Crippen molar-refractivity contribution >= 4 is 22.9 Å². The molecule has 0 aliphatic heterocycles. The molecule has 0 spiro atoms. The summed E-state index contributed by atoms with van der Waals surface area (Å²) < 4.78 is 5.84. The topological polar surface area (TPSA) is 51.2 Å². The Morgan fingerprint density at radius 1 is 1.22 bits per heavy atom. The highest BCUT2D eigenvalue weighted by molar-refractivity contribution is 7.12. The van der Waals surface area contributed by atoms with Crippen LogP contribution >= 0.6 is 11.3 Å². The first kappa shape index (κ1) is 15.2. The van der Waals surface area contributed by atoms with Crippen molar-refractivity contribution in [3.05, 3.63) is 76.2 Å². The van der Waals surface area contributed by atoms with Crippen molar-refractivity contribution in [3.63, 3.8) is 0 Å². The molecule has 1 N–H and O–H groups in total. The predicted molar refractivity (Wildman–Crippen MR) is 92.0 cm³/mol. The van der Waals surface area contributed by atoms with Gasteiger partial charge in [0.1, 0.15) is 17.2 Å². The highest BCUT2D eigenvalue weighted by atomic mass is 32.1. The number of hydrogen-bond donors (Lipinski definition) is 1. The smallest absolute Gasteiger partial charge is 0.269 e. The van der Waals surface area contributed by atoms with Crippen LogP contribution in [0.2, 0.25) is 0 Å². The molecule has 4 nitrogen and oxygen atoms in total. The van der Waals surface area contributed by atoms with E-state index >= 15 is 0 Å². The number of aryl methyl sites for hydroxylation is 1. The fraction of sp³-hybridized carbons (Fsp3) is 0.111. The molecule has 2 heterocycles. The van der Waals surface area contributed by atoms with E-state index in [-0.39, 0.29) is 5.91 Å². The third-order valence-corrected chi connectivity index (χ3v) is 4.29. The first-order valence-corrected chi connectivity index (χ1v) is 8.08. The number of ether oxygens (including phenoxy) is 1. The van der Waals surface area contributed by atoms with Crippen LogP contribution in [0.3, 0.4) is 0 Å². The van der Waals surface area contributed by atoms with Gasteiger partial charge in [0, 0.05) is 6.20 Å². The van der Waals surface area contributed by atoms with Gasteiger partial charge in [-0.15, -0.1) is 11.3 Å². The monoisotopic (exact) mass is 324 g/mol. The summed E-state index contributed by atoms with van der Waals surface area (Å²) in [7, 11) is 0. The van der Waals surface area contributed by atoms with Gasteiger partial charge in [0.05, 0.1) is 11.9 Å². The van der Waals surface area contributed by atoms with Crippen LogP contribution in [0.1, 0.15) is 20.8 Å². The molecule has 0 saturated heterocycles. The van der Waals surface area contributed by atoms with E-state index in [0.29, 0.717) is 22.9 Å². The van der Waals surface area contributed by atoms with Crippen LogP contribution in [0.25, 0.3) is 0 Å². The zero-order valence-corrected chi connectivity index (χ0v) is 13.5. The van der Waals surface area contributed by atoms with Crippen LogP contribution in [0.5, 0.6) is 5.75 Å². The van der Waals surface area contributed by atoms with Crippen molar-refractivity contribution in [2.24, 2.45) is 0 Å². The summed E-state index contributed by atoms with van der Waals surface area (Å²) in [5.41, 5.74) is 2.94. The Bertz CT molecular complexity index is 800. The third-order valence-electron chi connectivity index (χ3n) is 3.40. The van der Waals surface area contributed by atoms with Gasteiger partial charge in [0.15, 0.2) is 0 Å². The van der Waals surface area contributed by atoms with Gasteiger partial charge in [0.25, 0.3) is 5.91 Å². The molecule has 116 valence electrons. The van der Waals surface area contributed by atoms with Gasteiger partial charge in [-0.2, -0.15) is 0 Å². The number of carbonyl (C=O) groups excluding carboxylic acids is 1. The number of carbonyl (C=O) groups is 1. The van der Waals surface area contributed by atoms with Gasteiger partial charge < -0.3 is 10.1 Å². The lowest BCUT2D eigenvalue weighted by molar-refractivity contribution is 0.102. The molecule has 1 aromatic carbocycles. The molecule has 2 aromatic heterocycles. The number of amides is 1. The first-order chi connectivity index (χ1) is 11.2. The molecular weight excluding hydrogens is 308 g/mol. The fourth-order valence-corrected chi connectivity index (χ4v) is 2.86. The fourth-order valence-electron chi connectivity index (χ4n) is 2.13.